The molecule has 1 fully saturated rings. The van der Waals surface area contributed by atoms with Crippen LogP contribution < -0.4 is 10.0 Å². The molecular weight excluding hydrogens is 364 g/mol. The molecule has 2 atom stereocenters. The molecule has 1 aliphatic heterocycles. The second kappa shape index (κ2) is 6.28. The molecule has 140 valence electrons. The van der Waals surface area contributed by atoms with E-state index in [-0.39, 0.29) is 12.0 Å². The molecule has 0 radical (unpaired) electrons. The van der Waals surface area contributed by atoms with Crippen LogP contribution in [0.15, 0.2) is 41.4 Å². The average Bonchev–Trinajstić information content (AvgIpc) is 3.40. The van der Waals surface area contributed by atoms with Crippen molar-refractivity contribution in [2.75, 3.05) is 11.9 Å². The third-order valence-electron chi connectivity index (χ3n) is 5.39. The Bertz CT molecular complexity index is 1100. The van der Waals surface area contributed by atoms with E-state index in [2.05, 4.69) is 29.6 Å². The summed E-state index contributed by atoms with van der Waals surface area (Å²) in [7, 11) is -3.50. The lowest BCUT2D eigenvalue weighted by Crippen LogP contribution is -2.32. The minimum absolute atomic E-state index is 0.0967. The minimum Gasteiger partial charge on any atom is -0.368 e. The van der Waals surface area contributed by atoms with Gasteiger partial charge in [0.25, 0.3) is 0 Å². The summed E-state index contributed by atoms with van der Waals surface area (Å²) >= 11 is 0. The van der Waals surface area contributed by atoms with E-state index in [0.29, 0.717) is 4.90 Å². The average molecular weight is 384 g/mol. The molecule has 2 aromatic heterocycles. The molecule has 27 heavy (non-hydrogen) atoms. The highest BCUT2D eigenvalue weighted by atomic mass is 32.2. The maximum Gasteiger partial charge on any atom is 0.240 e. The number of fused-ring (bicyclic) bond motifs is 3. The van der Waals surface area contributed by atoms with E-state index in [1.807, 2.05) is 6.07 Å². The zero-order valence-electron chi connectivity index (χ0n) is 14.7. The first kappa shape index (κ1) is 16.6. The topological polar surface area (TPSA) is 101 Å². The summed E-state index contributed by atoms with van der Waals surface area (Å²) < 4.78 is 30.1. The highest BCUT2D eigenvalue weighted by Crippen LogP contribution is 2.35. The van der Waals surface area contributed by atoms with Crippen LogP contribution in [-0.4, -0.2) is 40.6 Å². The van der Waals surface area contributed by atoms with Gasteiger partial charge >= 0.3 is 0 Å². The fourth-order valence-electron chi connectivity index (χ4n) is 4.12. The number of hydrogen-bond donors (Lipinski definition) is 2. The monoisotopic (exact) mass is 384 g/mol. The van der Waals surface area contributed by atoms with Crippen LogP contribution in [0.5, 0.6) is 0 Å². The van der Waals surface area contributed by atoms with Gasteiger partial charge < -0.3 is 5.32 Å². The predicted octanol–water partition coefficient (Wildman–Crippen LogP) is 1.71. The van der Waals surface area contributed by atoms with Crippen LogP contribution in [0, 0.1) is 0 Å². The van der Waals surface area contributed by atoms with Crippen LogP contribution in [0.25, 0.3) is 5.65 Å². The van der Waals surface area contributed by atoms with Crippen LogP contribution in [0.1, 0.15) is 36.7 Å². The van der Waals surface area contributed by atoms with Gasteiger partial charge in [-0.2, -0.15) is 0 Å². The van der Waals surface area contributed by atoms with Gasteiger partial charge in [0.1, 0.15) is 11.6 Å². The zero-order valence-corrected chi connectivity index (χ0v) is 15.5. The minimum atomic E-state index is -3.50. The largest absolute Gasteiger partial charge is 0.368 e. The summed E-state index contributed by atoms with van der Waals surface area (Å²) in [5.74, 6) is 1.98. The van der Waals surface area contributed by atoms with Crippen molar-refractivity contribution >= 4 is 21.5 Å². The molecule has 2 aliphatic rings. The van der Waals surface area contributed by atoms with Gasteiger partial charge in [0, 0.05) is 24.9 Å². The Hall–Kier alpha value is -2.52. The third-order valence-corrected chi connectivity index (χ3v) is 6.93. The van der Waals surface area contributed by atoms with Crippen molar-refractivity contribution in [1.29, 1.82) is 0 Å². The quantitative estimate of drug-likeness (QED) is 0.710. The number of nitrogens with one attached hydrogen (secondary N) is 2. The van der Waals surface area contributed by atoms with Crippen molar-refractivity contribution in [1.82, 2.24) is 24.3 Å². The van der Waals surface area contributed by atoms with E-state index in [9.17, 15) is 8.42 Å². The van der Waals surface area contributed by atoms with Crippen molar-refractivity contribution in [2.45, 2.75) is 42.5 Å². The lowest BCUT2D eigenvalue weighted by molar-refractivity contribution is 0.546. The smallest absolute Gasteiger partial charge is 0.240 e. The molecule has 0 spiro atoms. The maximum absolute atomic E-state index is 12.6. The van der Waals surface area contributed by atoms with Gasteiger partial charge in [0.2, 0.25) is 10.0 Å². The van der Waals surface area contributed by atoms with Gasteiger partial charge in [-0.05, 0) is 31.4 Å². The third kappa shape index (κ3) is 2.87. The SMILES string of the molecule is O=S(=O)(N[C@H]1CC[C@@H](c2nnc3cnc4c(n23)CCN4)C1)c1ccccc1. The van der Waals surface area contributed by atoms with Crippen LogP contribution in [0.4, 0.5) is 5.82 Å². The Morgan fingerprint density at radius 1 is 1.15 bits per heavy atom. The van der Waals surface area contributed by atoms with Gasteiger partial charge in [-0.25, -0.2) is 18.1 Å². The molecule has 0 amide bonds. The number of rotatable bonds is 4. The van der Waals surface area contributed by atoms with Gasteiger partial charge in [0.15, 0.2) is 5.65 Å². The number of aromatic nitrogens is 4. The first-order valence-corrected chi connectivity index (χ1v) is 10.6. The molecule has 1 saturated carbocycles. The van der Waals surface area contributed by atoms with E-state index in [1.54, 1.807) is 30.5 Å². The van der Waals surface area contributed by atoms with Crippen molar-refractivity contribution < 1.29 is 8.42 Å². The van der Waals surface area contributed by atoms with Gasteiger partial charge in [0.05, 0.1) is 16.8 Å². The standard InChI is InChI=1S/C18H20N6O2S/c25-27(26,14-4-2-1-3-5-14)23-13-7-6-12(10-13)18-22-21-16-11-20-17-15(24(16)18)8-9-19-17/h1-5,11-13,19,23H,6-10H2/t12-,13+/m1/s1. The van der Waals surface area contributed by atoms with Crippen LogP contribution >= 0.6 is 0 Å². The first-order chi connectivity index (χ1) is 13.1. The fraction of sp³-hybridized carbons (Fsp3) is 0.389. The second-order valence-corrected chi connectivity index (χ2v) is 8.84. The Morgan fingerprint density at radius 2 is 2.00 bits per heavy atom. The van der Waals surface area contributed by atoms with Crippen LogP contribution in [-0.2, 0) is 16.4 Å². The number of hydrogen-bond acceptors (Lipinski definition) is 6. The molecule has 3 aromatic rings. The lowest BCUT2D eigenvalue weighted by atomic mass is 10.1. The number of anilines is 1. The first-order valence-electron chi connectivity index (χ1n) is 9.16. The van der Waals surface area contributed by atoms with Gasteiger partial charge in [-0.1, -0.05) is 18.2 Å². The van der Waals surface area contributed by atoms with Gasteiger partial charge in [-0.15, -0.1) is 10.2 Å². The molecule has 0 unspecified atom stereocenters. The summed E-state index contributed by atoms with van der Waals surface area (Å²) in [5.41, 5.74) is 1.86. The Balaban J connectivity index is 1.39. The summed E-state index contributed by atoms with van der Waals surface area (Å²) in [6.45, 7) is 0.864. The molecule has 2 N–H and O–H groups in total. The second-order valence-electron chi connectivity index (χ2n) is 7.12. The summed E-state index contributed by atoms with van der Waals surface area (Å²) in [6.07, 6.45) is 5.02. The molecule has 5 rings (SSSR count). The normalized spacial score (nSPS) is 22.1. The van der Waals surface area contributed by atoms with Crippen molar-refractivity contribution in [3.8, 4) is 0 Å². The van der Waals surface area contributed by atoms with Crippen molar-refractivity contribution in [2.24, 2.45) is 0 Å². The zero-order chi connectivity index (χ0) is 18.4. The molecule has 0 saturated heterocycles. The van der Waals surface area contributed by atoms with Crippen LogP contribution in [0.2, 0.25) is 0 Å². The van der Waals surface area contributed by atoms with E-state index in [4.69, 9.17) is 0 Å². The van der Waals surface area contributed by atoms with Gasteiger partial charge in [-0.3, -0.25) is 4.40 Å². The maximum atomic E-state index is 12.6. The predicted molar refractivity (Wildman–Crippen MR) is 100 cm³/mol. The van der Waals surface area contributed by atoms with Crippen molar-refractivity contribution in [3.63, 3.8) is 0 Å². The Morgan fingerprint density at radius 3 is 2.85 bits per heavy atom. The fourth-order valence-corrected chi connectivity index (χ4v) is 5.43. The number of nitrogens with zero attached hydrogens (tertiary/aromatic N) is 4. The summed E-state index contributed by atoms with van der Waals surface area (Å²) in [5, 5.41) is 12.0. The summed E-state index contributed by atoms with van der Waals surface area (Å²) in [6, 6.07) is 8.41. The lowest BCUT2D eigenvalue weighted by Gasteiger charge is -2.14. The highest BCUT2D eigenvalue weighted by Gasteiger charge is 2.33. The van der Waals surface area contributed by atoms with E-state index in [0.717, 1.165) is 55.2 Å². The van der Waals surface area contributed by atoms with E-state index < -0.39 is 10.0 Å². The van der Waals surface area contributed by atoms with E-state index >= 15 is 0 Å². The molecule has 3 heterocycles. The molecule has 0 bridgehead atoms. The molecule has 8 nitrogen and oxygen atoms in total. The highest BCUT2D eigenvalue weighted by molar-refractivity contribution is 7.89. The molecule has 1 aliphatic carbocycles. The van der Waals surface area contributed by atoms with E-state index in [1.165, 1.54) is 0 Å². The van der Waals surface area contributed by atoms with Crippen LogP contribution in [0.3, 0.4) is 0 Å². The Labute approximate surface area is 157 Å². The summed E-state index contributed by atoms with van der Waals surface area (Å²) in [4.78, 5) is 4.70. The molecule has 9 heteroatoms. The van der Waals surface area contributed by atoms with Crippen molar-refractivity contribution in [3.05, 3.63) is 48.0 Å². The molecule has 1 aromatic carbocycles. The Kier molecular flexibility index (Phi) is 3.87. The number of sulfonamides is 1. The molecular formula is C18H20N6O2S. The number of benzene rings is 1.